The maximum absolute atomic E-state index is 11.0. The van der Waals surface area contributed by atoms with Gasteiger partial charge < -0.3 is 14.6 Å². The van der Waals surface area contributed by atoms with E-state index in [2.05, 4.69) is 27.3 Å². The Bertz CT molecular complexity index is 1630. The lowest BCUT2D eigenvalue weighted by molar-refractivity contribution is -0.384. The third-order valence-corrected chi connectivity index (χ3v) is 8.61. The Morgan fingerprint density at radius 3 is 2.17 bits per heavy atom. The largest absolute Gasteiger partial charge is 0.452 e. The van der Waals surface area contributed by atoms with Crippen LogP contribution in [0.3, 0.4) is 0 Å². The van der Waals surface area contributed by atoms with Crippen LogP contribution in [0.1, 0.15) is 23.5 Å². The summed E-state index contributed by atoms with van der Waals surface area (Å²) in [6.45, 7) is 0. The first-order valence-electron chi connectivity index (χ1n) is 12.4. The minimum Gasteiger partial charge on any atom is -0.452 e. The highest BCUT2D eigenvalue weighted by Gasteiger charge is 2.42. The zero-order valence-electron chi connectivity index (χ0n) is 20.9. The van der Waals surface area contributed by atoms with Crippen LogP contribution in [0, 0.1) is 10.1 Å². The first kappa shape index (κ1) is 26.1. The van der Waals surface area contributed by atoms with E-state index in [-0.39, 0.29) is 17.8 Å². The summed E-state index contributed by atoms with van der Waals surface area (Å²) >= 11 is 8.95. The number of hydrogen-bond donors (Lipinski definition) is 1. The van der Waals surface area contributed by atoms with Gasteiger partial charge >= 0.3 is 0 Å². The zero-order valence-corrected chi connectivity index (χ0v) is 23.4. The van der Waals surface area contributed by atoms with Crippen molar-refractivity contribution >= 4 is 52.2 Å². The van der Waals surface area contributed by atoms with Crippen LogP contribution < -0.4 is 10.2 Å². The molecular weight excluding hydrogens is 561 g/mol. The summed E-state index contributed by atoms with van der Waals surface area (Å²) < 4.78 is 6.39. The van der Waals surface area contributed by atoms with Crippen LogP contribution in [0.15, 0.2) is 140 Å². The predicted molar refractivity (Wildman–Crippen MR) is 161 cm³/mol. The van der Waals surface area contributed by atoms with E-state index in [1.54, 1.807) is 30.1 Å². The van der Waals surface area contributed by atoms with Crippen molar-refractivity contribution in [1.82, 2.24) is 10.3 Å². The highest BCUT2D eigenvalue weighted by atomic mass is 32.2. The van der Waals surface area contributed by atoms with E-state index in [1.807, 2.05) is 72.8 Å². The molecule has 1 fully saturated rings. The number of anilines is 1. The van der Waals surface area contributed by atoms with Crippen LogP contribution in [-0.2, 0) is 0 Å². The van der Waals surface area contributed by atoms with E-state index in [1.165, 1.54) is 23.9 Å². The fraction of sp³-hybridized carbons (Fsp3) is 0.0667. The van der Waals surface area contributed by atoms with E-state index >= 15 is 0 Å². The highest BCUT2D eigenvalue weighted by Crippen LogP contribution is 2.44. The molecule has 10 heteroatoms. The Balaban J connectivity index is 1.29. The summed E-state index contributed by atoms with van der Waals surface area (Å²) in [4.78, 5) is 20.3. The van der Waals surface area contributed by atoms with Crippen LogP contribution in [0.25, 0.3) is 0 Å². The Morgan fingerprint density at radius 1 is 0.825 bits per heavy atom. The predicted octanol–water partition coefficient (Wildman–Crippen LogP) is 8.06. The maximum Gasteiger partial charge on any atom is 0.269 e. The standard InChI is InChI=1S/C30H22N4O3S3/c35-34(36)21-11-15-24(16-12-21)39-23-13-9-20(10-14-23)33-29(28(32-30(33)38)25-8-4-5-19-31-25)26-17-18-27(37-26)40-22-6-2-1-3-7-22/h1-19,28-29H,(H,32,38)/t28-,29-/m1/s1. The number of furan rings is 1. The molecule has 1 aliphatic rings. The van der Waals surface area contributed by atoms with Crippen molar-refractivity contribution in [3.05, 3.63) is 137 Å². The molecule has 0 saturated carbocycles. The lowest BCUT2D eigenvalue weighted by Crippen LogP contribution is -2.29. The molecule has 0 unspecified atom stereocenters. The number of hydrogen-bond acceptors (Lipinski definition) is 7. The zero-order chi connectivity index (χ0) is 27.5. The number of aromatic nitrogens is 1. The fourth-order valence-corrected chi connectivity index (χ4v) is 6.48. The van der Waals surface area contributed by atoms with Crippen molar-refractivity contribution in [2.75, 3.05) is 4.90 Å². The topological polar surface area (TPSA) is 84.4 Å². The minimum atomic E-state index is -0.396. The van der Waals surface area contributed by atoms with Gasteiger partial charge in [-0.05, 0) is 85.0 Å². The third kappa shape index (κ3) is 5.60. The van der Waals surface area contributed by atoms with Crippen LogP contribution in [0.2, 0.25) is 0 Å². The summed E-state index contributed by atoms with van der Waals surface area (Å²) in [7, 11) is 0. The molecule has 3 heterocycles. The van der Waals surface area contributed by atoms with Gasteiger partial charge in [0.15, 0.2) is 10.2 Å². The number of nitrogens with zero attached hydrogens (tertiary/aromatic N) is 3. The second-order valence-electron chi connectivity index (χ2n) is 8.92. The van der Waals surface area contributed by atoms with Crippen molar-refractivity contribution in [2.24, 2.45) is 0 Å². The van der Waals surface area contributed by atoms with Gasteiger partial charge in [0.25, 0.3) is 5.69 Å². The van der Waals surface area contributed by atoms with Crippen molar-refractivity contribution in [3.8, 4) is 0 Å². The van der Waals surface area contributed by atoms with Gasteiger partial charge in [0.1, 0.15) is 11.8 Å². The summed E-state index contributed by atoms with van der Waals surface area (Å²) in [6, 6.07) is 34.2. The summed E-state index contributed by atoms with van der Waals surface area (Å²) in [5, 5.41) is 15.8. The van der Waals surface area contributed by atoms with Gasteiger partial charge in [-0.1, -0.05) is 47.8 Å². The molecule has 1 saturated heterocycles. The lowest BCUT2D eigenvalue weighted by atomic mass is 10.0. The second kappa shape index (κ2) is 11.5. The van der Waals surface area contributed by atoms with E-state index < -0.39 is 4.92 Å². The van der Waals surface area contributed by atoms with Gasteiger partial charge in [-0.15, -0.1) is 0 Å². The number of thiocarbonyl (C=S) groups is 1. The molecule has 40 heavy (non-hydrogen) atoms. The molecule has 1 N–H and O–H groups in total. The SMILES string of the molecule is O=[N+]([O-])c1ccc(Sc2ccc(N3C(=S)N[C@H](c4ccccn4)[C@H]3c3ccc(Sc4ccccc4)o3)cc2)cc1. The first-order valence-corrected chi connectivity index (χ1v) is 14.4. The van der Waals surface area contributed by atoms with Crippen LogP contribution in [0.4, 0.5) is 11.4 Å². The number of nitrogens with one attached hydrogen (secondary N) is 1. The molecule has 0 aliphatic carbocycles. The van der Waals surface area contributed by atoms with Crippen molar-refractivity contribution < 1.29 is 9.34 Å². The Labute approximate surface area is 244 Å². The fourth-order valence-electron chi connectivity index (χ4n) is 4.52. The van der Waals surface area contributed by atoms with Crippen LogP contribution >= 0.6 is 35.7 Å². The van der Waals surface area contributed by atoms with Gasteiger partial charge in [0.2, 0.25) is 0 Å². The monoisotopic (exact) mass is 582 g/mol. The van der Waals surface area contributed by atoms with E-state index in [9.17, 15) is 10.1 Å². The average molecular weight is 583 g/mol. The lowest BCUT2D eigenvalue weighted by Gasteiger charge is -2.26. The van der Waals surface area contributed by atoms with Gasteiger partial charge in [-0.25, -0.2) is 0 Å². The van der Waals surface area contributed by atoms with Crippen molar-refractivity contribution in [2.45, 2.75) is 31.9 Å². The number of benzene rings is 3. The molecule has 198 valence electrons. The Kier molecular flexibility index (Phi) is 7.54. The first-order chi connectivity index (χ1) is 19.5. The van der Waals surface area contributed by atoms with Gasteiger partial charge in [-0.2, -0.15) is 0 Å². The smallest absolute Gasteiger partial charge is 0.269 e. The molecular formula is C30H22N4O3S3. The number of pyridine rings is 1. The third-order valence-electron chi connectivity index (χ3n) is 6.35. The van der Waals surface area contributed by atoms with Crippen molar-refractivity contribution in [3.63, 3.8) is 0 Å². The van der Waals surface area contributed by atoms with Gasteiger partial charge in [-0.3, -0.25) is 15.1 Å². The molecule has 7 nitrogen and oxygen atoms in total. The summed E-state index contributed by atoms with van der Waals surface area (Å²) in [5.74, 6) is 0.783. The molecule has 3 aromatic carbocycles. The van der Waals surface area contributed by atoms with Gasteiger partial charge in [0, 0.05) is 38.7 Å². The minimum absolute atomic E-state index is 0.0755. The van der Waals surface area contributed by atoms with Crippen LogP contribution in [-0.4, -0.2) is 15.0 Å². The Morgan fingerprint density at radius 2 is 1.50 bits per heavy atom. The molecule has 6 rings (SSSR count). The number of nitro benzene ring substituents is 1. The molecule has 2 aromatic heterocycles. The van der Waals surface area contributed by atoms with Crippen LogP contribution in [0.5, 0.6) is 0 Å². The average Bonchev–Trinajstić information content (AvgIpc) is 3.58. The summed E-state index contributed by atoms with van der Waals surface area (Å²) in [6.07, 6.45) is 1.78. The van der Waals surface area contributed by atoms with Gasteiger partial charge in [0.05, 0.1) is 16.7 Å². The number of nitro groups is 1. The quantitative estimate of drug-likeness (QED) is 0.111. The number of rotatable bonds is 8. The molecule has 2 atom stereocenters. The molecule has 0 spiro atoms. The molecule has 0 bridgehead atoms. The molecule has 0 amide bonds. The Hall–Kier alpha value is -4.12. The molecule has 1 aliphatic heterocycles. The van der Waals surface area contributed by atoms with E-state index in [0.29, 0.717) is 5.11 Å². The van der Waals surface area contributed by atoms with E-state index in [0.717, 1.165) is 36.9 Å². The maximum atomic E-state index is 11.0. The van der Waals surface area contributed by atoms with Crippen molar-refractivity contribution in [1.29, 1.82) is 0 Å². The molecule has 5 aromatic rings. The number of non-ortho nitro benzene ring substituents is 1. The molecule has 0 radical (unpaired) electrons. The highest BCUT2D eigenvalue weighted by molar-refractivity contribution is 7.99. The summed E-state index contributed by atoms with van der Waals surface area (Å²) in [5.41, 5.74) is 1.87. The normalized spacial score (nSPS) is 16.6. The van der Waals surface area contributed by atoms with E-state index in [4.69, 9.17) is 16.6 Å². The second-order valence-corrected chi connectivity index (χ2v) is 11.5.